The van der Waals surface area contributed by atoms with Crippen LogP contribution in [0.5, 0.6) is 5.75 Å². The van der Waals surface area contributed by atoms with E-state index in [0.29, 0.717) is 18.1 Å². The Bertz CT molecular complexity index is 1140. The van der Waals surface area contributed by atoms with Crippen LogP contribution in [0.15, 0.2) is 60.7 Å². The Morgan fingerprint density at radius 3 is 1.76 bits per heavy atom. The first-order chi connectivity index (χ1) is 16.2. The molecule has 0 heterocycles. The van der Waals surface area contributed by atoms with Crippen molar-refractivity contribution in [2.45, 2.75) is 44.6 Å². The fourth-order valence-electron chi connectivity index (χ4n) is 5.79. The summed E-state index contributed by atoms with van der Waals surface area (Å²) in [4.78, 5) is 0. The Labute approximate surface area is 195 Å². The molecule has 2 aliphatic carbocycles. The lowest BCUT2D eigenvalue weighted by molar-refractivity contribution is -0.185. The van der Waals surface area contributed by atoms with E-state index in [1.165, 1.54) is 43.4 Å². The van der Waals surface area contributed by atoms with E-state index in [2.05, 4.69) is 23.8 Å². The molecule has 2 saturated carbocycles. The van der Waals surface area contributed by atoms with Crippen LogP contribution >= 0.6 is 0 Å². The zero-order chi connectivity index (χ0) is 24.0. The fourth-order valence-corrected chi connectivity index (χ4v) is 5.79. The second-order valence-electron chi connectivity index (χ2n) is 9.78. The van der Waals surface area contributed by atoms with Crippen molar-refractivity contribution < 1.29 is 26.7 Å². The summed E-state index contributed by atoms with van der Waals surface area (Å²) < 4.78 is 73.2. The third kappa shape index (κ3) is 4.42. The number of ether oxygens (including phenoxy) is 1. The number of fused-ring (bicyclic) bond motifs is 1. The van der Waals surface area contributed by atoms with E-state index in [1.807, 2.05) is 12.1 Å². The van der Waals surface area contributed by atoms with Gasteiger partial charge in [0.05, 0.1) is 5.56 Å². The van der Waals surface area contributed by atoms with Gasteiger partial charge >= 0.3 is 6.11 Å². The quantitative estimate of drug-likeness (QED) is 0.267. The van der Waals surface area contributed by atoms with Crippen LogP contribution in [-0.4, -0.2) is 0 Å². The van der Waals surface area contributed by atoms with Crippen molar-refractivity contribution in [3.63, 3.8) is 0 Å². The molecule has 34 heavy (non-hydrogen) atoms. The van der Waals surface area contributed by atoms with Crippen molar-refractivity contribution >= 4 is 0 Å². The van der Waals surface area contributed by atoms with E-state index in [-0.39, 0.29) is 0 Å². The van der Waals surface area contributed by atoms with Gasteiger partial charge in [0.2, 0.25) is 0 Å². The van der Waals surface area contributed by atoms with Gasteiger partial charge in [-0.1, -0.05) is 43.3 Å². The molecule has 0 saturated heterocycles. The minimum atomic E-state index is -3.85. The Morgan fingerprint density at radius 2 is 1.24 bits per heavy atom. The van der Waals surface area contributed by atoms with Crippen molar-refractivity contribution in [3.05, 3.63) is 89.2 Å². The van der Waals surface area contributed by atoms with Gasteiger partial charge in [-0.2, -0.15) is 8.78 Å². The summed E-state index contributed by atoms with van der Waals surface area (Å²) >= 11 is 0. The molecule has 0 amide bonds. The summed E-state index contributed by atoms with van der Waals surface area (Å²) in [5.74, 6) is -2.60. The minimum absolute atomic E-state index is 0.389. The van der Waals surface area contributed by atoms with Crippen molar-refractivity contribution in [1.82, 2.24) is 0 Å². The lowest BCUT2D eigenvalue weighted by Crippen LogP contribution is -2.22. The Kier molecular flexibility index (Phi) is 5.86. The number of hydrogen-bond donors (Lipinski definition) is 0. The van der Waals surface area contributed by atoms with Crippen molar-refractivity contribution in [3.8, 4) is 16.9 Å². The molecule has 2 atom stereocenters. The average molecular weight is 472 g/mol. The lowest BCUT2D eigenvalue weighted by atomic mass is 9.91. The zero-order valence-electron chi connectivity index (χ0n) is 18.7. The summed E-state index contributed by atoms with van der Waals surface area (Å²) in [5.41, 5.74) is 2.53. The largest absolute Gasteiger partial charge is 0.429 e. The molecule has 0 spiro atoms. The normalized spacial score (nSPS) is 24.3. The van der Waals surface area contributed by atoms with Crippen molar-refractivity contribution in [2.75, 3.05) is 0 Å². The van der Waals surface area contributed by atoms with Gasteiger partial charge in [0.1, 0.15) is 5.75 Å². The third-order valence-corrected chi connectivity index (χ3v) is 7.39. The smallest absolute Gasteiger partial charge is 0.426 e. The molecule has 6 heteroatoms. The monoisotopic (exact) mass is 472 g/mol. The standard InChI is InChI=1S/C28H25F5O/c1-16-10-20-12-22(13-21(20)11-16)19-4-2-17(3-5-19)18-6-8-23(9-7-18)28(32,33)34-24-14-25(29)27(31)26(30)15-24/h2-9,14-16,20-22H,10-13H2,1H3. The molecule has 0 radical (unpaired) electrons. The predicted molar refractivity (Wildman–Crippen MR) is 120 cm³/mol. The van der Waals surface area contributed by atoms with Gasteiger partial charge in [0, 0.05) is 12.1 Å². The SMILES string of the molecule is CC1CC2CC(c3ccc(-c4ccc(C(F)(F)Oc5cc(F)c(F)c(F)c5)cc4)cc3)CC2C1. The van der Waals surface area contributed by atoms with Crippen LogP contribution in [0.3, 0.4) is 0 Å². The molecular weight excluding hydrogens is 447 g/mol. The van der Waals surface area contributed by atoms with Crippen LogP contribution < -0.4 is 4.74 Å². The number of rotatable bonds is 5. The number of hydrogen-bond acceptors (Lipinski definition) is 1. The molecular formula is C28H25F5O. The highest BCUT2D eigenvalue weighted by molar-refractivity contribution is 5.64. The van der Waals surface area contributed by atoms with Gasteiger partial charge in [0.25, 0.3) is 0 Å². The van der Waals surface area contributed by atoms with E-state index < -0.39 is 34.9 Å². The van der Waals surface area contributed by atoms with Gasteiger partial charge in [-0.15, -0.1) is 0 Å². The lowest BCUT2D eigenvalue weighted by Gasteiger charge is -2.19. The molecule has 3 aromatic rings. The Balaban J connectivity index is 1.27. The highest BCUT2D eigenvalue weighted by Crippen LogP contribution is 2.52. The topological polar surface area (TPSA) is 9.23 Å². The van der Waals surface area contributed by atoms with Crippen LogP contribution in [0.1, 0.15) is 49.7 Å². The fraction of sp³-hybridized carbons (Fsp3) is 0.357. The molecule has 2 fully saturated rings. The van der Waals surface area contributed by atoms with E-state index in [1.54, 1.807) is 12.1 Å². The van der Waals surface area contributed by atoms with Crippen LogP contribution in [-0.2, 0) is 6.11 Å². The first-order valence-corrected chi connectivity index (χ1v) is 11.6. The molecule has 2 unspecified atom stereocenters. The molecule has 0 bridgehead atoms. The molecule has 3 aromatic carbocycles. The summed E-state index contributed by atoms with van der Waals surface area (Å²) in [7, 11) is 0. The molecule has 0 aromatic heterocycles. The maximum atomic E-state index is 14.5. The Hall–Kier alpha value is -2.89. The summed E-state index contributed by atoms with van der Waals surface area (Å²) in [5, 5.41) is 0. The number of halogens is 5. The van der Waals surface area contributed by atoms with Gasteiger partial charge in [-0.3, -0.25) is 0 Å². The average Bonchev–Trinajstić information content (AvgIpc) is 3.35. The van der Waals surface area contributed by atoms with Crippen molar-refractivity contribution in [2.24, 2.45) is 17.8 Å². The minimum Gasteiger partial charge on any atom is -0.429 e. The first kappa shape index (κ1) is 22.9. The molecule has 178 valence electrons. The highest BCUT2D eigenvalue weighted by atomic mass is 19.3. The van der Waals surface area contributed by atoms with Gasteiger partial charge in [0.15, 0.2) is 17.5 Å². The second kappa shape index (κ2) is 8.71. The zero-order valence-corrected chi connectivity index (χ0v) is 18.7. The number of benzene rings is 3. The maximum Gasteiger partial charge on any atom is 0.426 e. The van der Waals surface area contributed by atoms with E-state index in [0.717, 1.165) is 28.9 Å². The van der Waals surface area contributed by atoms with E-state index >= 15 is 0 Å². The summed E-state index contributed by atoms with van der Waals surface area (Å²) in [6.07, 6.45) is 1.33. The molecule has 2 aliphatic rings. The van der Waals surface area contributed by atoms with Crippen molar-refractivity contribution in [1.29, 1.82) is 0 Å². The Morgan fingerprint density at radius 1 is 0.735 bits per heavy atom. The second-order valence-corrected chi connectivity index (χ2v) is 9.78. The molecule has 5 rings (SSSR count). The summed E-state index contributed by atoms with van der Waals surface area (Å²) in [6.45, 7) is 2.35. The van der Waals surface area contributed by atoms with Crippen LogP contribution in [0, 0.1) is 35.2 Å². The first-order valence-electron chi connectivity index (χ1n) is 11.6. The highest BCUT2D eigenvalue weighted by Gasteiger charge is 2.40. The third-order valence-electron chi connectivity index (χ3n) is 7.39. The summed E-state index contributed by atoms with van der Waals surface area (Å²) in [6, 6.07) is 14.6. The molecule has 0 aliphatic heterocycles. The van der Waals surface area contributed by atoms with Gasteiger partial charge < -0.3 is 4.74 Å². The number of alkyl halides is 2. The van der Waals surface area contributed by atoms with Crippen LogP contribution in [0.4, 0.5) is 22.0 Å². The van der Waals surface area contributed by atoms with Gasteiger partial charge in [-0.05, 0) is 78.2 Å². The van der Waals surface area contributed by atoms with E-state index in [9.17, 15) is 22.0 Å². The van der Waals surface area contributed by atoms with Crippen LogP contribution in [0.2, 0.25) is 0 Å². The van der Waals surface area contributed by atoms with Crippen LogP contribution in [0.25, 0.3) is 11.1 Å². The molecule has 0 N–H and O–H groups in total. The maximum absolute atomic E-state index is 14.5. The molecule has 1 nitrogen and oxygen atoms in total. The van der Waals surface area contributed by atoms with E-state index in [4.69, 9.17) is 0 Å². The van der Waals surface area contributed by atoms with Gasteiger partial charge in [-0.25, -0.2) is 13.2 Å². The predicted octanol–water partition coefficient (Wildman–Crippen LogP) is 8.44.